The second kappa shape index (κ2) is 9.12. The van der Waals surface area contributed by atoms with Gasteiger partial charge in [0.05, 0.1) is 23.4 Å². The number of aliphatic imine (C=N–C) groups is 1. The zero-order valence-corrected chi connectivity index (χ0v) is 19.3. The van der Waals surface area contributed by atoms with Crippen molar-refractivity contribution in [2.75, 3.05) is 6.61 Å². The van der Waals surface area contributed by atoms with Gasteiger partial charge in [0, 0.05) is 28.0 Å². The standard InChI is InChI=1S/C25H26N2O4S/c1-4-31-25(30)17-8-7-9-19(13-17)26-14-18-12-15(2)27(16(18)3)23-22(24(28)29)20-10-5-6-11-21(20)32-23/h7-9,12-14H,4-6,10-11H2,1-3H3,(H,28,29). The zero-order valence-electron chi connectivity index (χ0n) is 18.5. The van der Waals surface area contributed by atoms with Crippen molar-refractivity contribution in [1.29, 1.82) is 0 Å². The Morgan fingerprint density at radius 1 is 1.22 bits per heavy atom. The number of ether oxygens (including phenoxy) is 1. The Morgan fingerprint density at radius 3 is 2.75 bits per heavy atom. The van der Waals surface area contributed by atoms with Crippen molar-refractivity contribution in [3.8, 4) is 5.00 Å². The van der Waals surface area contributed by atoms with E-state index in [0.29, 0.717) is 23.4 Å². The number of nitrogens with zero attached hydrogens (tertiary/aromatic N) is 2. The van der Waals surface area contributed by atoms with Gasteiger partial charge in [-0.25, -0.2) is 9.59 Å². The van der Waals surface area contributed by atoms with Gasteiger partial charge >= 0.3 is 11.9 Å². The van der Waals surface area contributed by atoms with Crippen LogP contribution in [0.15, 0.2) is 35.3 Å². The Balaban J connectivity index is 1.70. The van der Waals surface area contributed by atoms with E-state index in [1.807, 2.05) is 30.5 Å². The summed E-state index contributed by atoms with van der Waals surface area (Å²) in [6.45, 7) is 6.06. The first-order valence-corrected chi connectivity index (χ1v) is 11.6. The number of carboxylic acids is 1. The summed E-state index contributed by atoms with van der Waals surface area (Å²) < 4.78 is 7.09. The van der Waals surface area contributed by atoms with Crippen molar-refractivity contribution in [1.82, 2.24) is 4.57 Å². The van der Waals surface area contributed by atoms with E-state index in [9.17, 15) is 14.7 Å². The Morgan fingerprint density at radius 2 is 2.00 bits per heavy atom. The van der Waals surface area contributed by atoms with Crippen LogP contribution in [0.25, 0.3) is 5.00 Å². The fourth-order valence-corrected chi connectivity index (χ4v) is 5.72. The number of hydrogen-bond donors (Lipinski definition) is 1. The van der Waals surface area contributed by atoms with Crippen LogP contribution in [0.3, 0.4) is 0 Å². The van der Waals surface area contributed by atoms with Crippen molar-refractivity contribution in [2.45, 2.75) is 46.5 Å². The molecule has 6 nitrogen and oxygen atoms in total. The highest BCUT2D eigenvalue weighted by Crippen LogP contribution is 2.38. The molecule has 0 atom stereocenters. The molecule has 1 aliphatic carbocycles. The molecular weight excluding hydrogens is 424 g/mol. The molecule has 0 spiro atoms. The van der Waals surface area contributed by atoms with Crippen LogP contribution in [0, 0.1) is 13.8 Å². The van der Waals surface area contributed by atoms with Crippen LogP contribution in [-0.2, 0) is 17.6 Å². The van der Waals surface area contributed by atoms with E-state index in [1.165, 1.54) is 4.88 Å². The quantitative estimate of drug-likeness (QED) is 0.388. The first-order valence-electron chi connectivity index (χ1n) is 10.8. The molecule has 7 heteroatoms. The molecular formula is C25H26N2O4S. The molecule has 0 amide bonds. The normalized spacial score (nSPS) is 13.3. The van der Waals surface area contributed by atoms with Crippen LogP contribution in [0.1, 0.15) is 67.9 Å². The van der Waals surface area contributed by atoms with Gasteiger partial charge in [0.15, 0.2) is 0 Å². The molecule has 1 aromatic carbocycles. The average Bonchev–Trinajstić information content (AvgIpc) is 3.29. The van der Waals surface area contributed by atoms with Crippen LogP contribution in [-0.4, -0.2) is 34.4 Å². The maximum atomic E-state index is 12.1. The number of fused-ring (bicyclic) bond motifs is 1. The first kappa shape index (κ1) is 22.0. The molecule has 166 valence electrons. The van der Waals surface area contributed by atoms with E-state index < -0.39 is 5.97 Å². The van der Waals surface area contributed by atoms with Gasteiger partial charge in [-0.05, 0) is 76.3 Å². The number of carbonyl (C=O) groups excluding carboxylic acids is 1. The number of aromatic nitrogens is 1. The molecule has 1 aliphatic rings. The SMILES string of the molecule is CCOC(=O)c1cccc(N=Cc2cc(C)n(-c3sc4c(c3C(=O)O)CCCC4)c2C)c1. The molecule has 0 saturated heterocycles. The largest absolute Gasteiger partial charge is 0.478 e. The van der Waals surface area contributed by atoms with Gasteiger partial charge in [-0.2, -0.15) is 0 Å². The molecule has 32 heavy (non-hydrogen) atoms. The van der Waals surface area contributed by atoms with Crippen molar-refractivity contribution < 1.29 is 19.4 Å². The summed E-state index contributed by atoms with van der Waals surface area (Å²) in [6, 6.07) is 9.02. The summed E-state index contributed by atoms with van der Waals surface area (Å²) in [5.41, 5.74) is 5.37. The van der Waals surface area contributed by atoms with E-state index in [0.717, 1.165) is 53.2 Å². The molecule has 0 fully saturated rings. The fraction of sp³-hybridized carbons (Fsp3) is 0.320. The topological polar surface area (TPSA) is 80.9 Å². The second-order valence-corrected chi connectivity index (χ2v) is 8.97. The Labute approximate surface area is 191 Å². The van der Waals surface area contributed by atoms with Crippen molar-refractivity contribution in [3.05, 3.63) is 68.9 Å². The van der Waals surface area contributed by atoms with E-state index >= 15 is 0 Å². The Bertz CT molecular complexity index is 1220. The van der Waals surface area contributed by atoms with Gasteiger partial charge in [0.2, 0.25) is 0 Å². The molecule has 2 heterocycles. The van der Waals surface area contributed by atoms with E-state index in [4.69, 9.17) is 4.74 Å². The third-order valence-electron chi connectivity index (χ3n) is 5.75. The van der Waals surface area contributed by atoms with Gasteiger partial charge < -0.3 is 14.4 Å². The number of aryl methyl sites for hydroxylation is 2. The van der Waals surface area contributed by atoms with Crippen LogP contribution < -0.4 is 0 Å². The summed E-state index contributed by atoms with van der Waals surface area (Å²) in [4.78, 5) is 29.9. The molecule has 0 bridgehead atoms. The molecule has 2 aromatic heterocycles. The fourth-order valence-electron chi connectivity index (χ4n) is 4.23. The zero-order chi connectivity index (χ0) is 22.8. The van der Waals surface area contributed by atoms with Crippen LogP contribution >= 0.6 is 11.3 Å². The Kier molecular flexibility index (Phi) is 6.28. The number of hydrogen-bond acceptors (Lipinski definition) is 5. The molecule has 0 aliphatic heterocycles. The van der Waals surface area contributed by atoms with E-state index in [2.05, 4.69) is 4.99 Å². The van der Waals surface area contributed by atoms with Gasteiger partial charge in [-0.15, -0.1) is 11.3 Å². The summed E-state index contributed by atoms with van der Waals surface area (Å²) in [5, 5.41) is 10.7. The summed E-state index contributed by atoms with van der Waals surface area (Å²) in [5.74, 6) is -1.23. The van der Waals surface area contributed by atoms with E-state index in [-0.39, 0.29) is 5.97 Å². The van der Waals surface area contributed by atoms with Gasteiger partial charge in [-0.3, -0.25) is 4.99 Å². The third kappa shape index (κ3) is 4.12. The third-order valence-corrected chi connectivity index (χ3v) is 7.03. The number of esters is 1. The highest BCUT2D eigenvalue weighted by Gasteiger charge is 2.27. The van der Waals surface area contributed by atoms with Gasteiger partial charge in [0.25, 0.3) is 0 Å². The van der Waals surface area contributed by atoms with E-state index in [1.54, 1.807) is 42.7 Å². The minimum atomic E-state index is -0.863. The minimum absolute atomic E-state index is 0.322. The number of thiophene rings is 1. The molecule has 4 rings (SSSR count). The predicted molar refractivity (Wildman–Crippen MR) is 126 cm³/mol. The van der Waals surface area contributed by atoms with Crippen molar-refractivity contribution in [3.63, 3.8) is 0 Å². The van der Waals surface area contributed by atoms with Crippen molar-refractivity contribution in [2.24, 2.45) is 4.99 Å². The smallest absolute Gasteiger partial charge is 0.339 e. The predicted octanol–water partition coefficient (Wildman–Crippen LogP) is 5.66. The number of benzene rings is 1. The van der Waals surface area contributed by atoms with Gasteiger partial charge in [0.1, 0.15) is 5.00 Å². The minimum Gasteiger partial charge on any atom is -0.478 e. The Hall–Kier alpha value is -3.19. The molecule has 1 N–H and O–H groups in total. The lowest BCUT2D eigenvalue weighted by Gasteiger charge is -2.11. The first-order chi connectivity index (χ1) is 15.4. The number of rotatable bonds is 6. The molecule has 0 saturated carbocycles. The number of aromatic carboxylic acids is 1. The lowest BCUT2D eigenvalue weighted by molar-refractivity contribution is 0.0526. The highest BCUT2D eigenvalue weighted by molar-refractivity contribution is 7.15. The lowest BCUT2D eigenvalue weighted by Crippen LogP contribution is -2.09. The molecule has 3 aromatic rings. The summed E-state index contributed by atoms with van der Waals surface area (Å²) >= 11 is 1.60. The lowest BCUT2D eigenvalue weighted by atomic mass is 9.95. The van der Waals surface area contributed by atoms with Crippen molar-refractivity contribution >= 4 is 35.2 Å². The number of carboxylic acid groups (broad SMARTS) is 1. The van der Waals surface area contributed by atoms with Crippen LogP contribution in [0.5, 0.6) is 0 Å². The number of carbonyl (C=O) groups is 2. The average molecular weight is 451 g/mol. The summed E-state index contributed by atoms with van der Waals surface area (Å²) in [7, 11) is 0. The maximum Gasteiger partial charge on any atom is 0.339 e. The van der Waals surface area contributed by atoms with Gasteiger partial charge in [-0.1, -0.05) is 6.07 Å². The highest BCUT2D eigenvalue weighted by atomic mass is 32.1. The summed E-state index contributed by atoms with van der Waals surface area (Å²) in [6.07, 6.45) is 5.69. The maximum absolute atomic E-state index is 12.1. The monoisotopic (exact) mass is 450 g/mol. The van der Waals surface area contributed by atoms with Crippen LogP contribution in [0.2, 0.25) is 0 Å². The second-order valence-electron chi connectivity index (χ2n) is 7.89. The van der Waals surface area contributed by atoms with Crippen LogP contribution in [0.4, 0.5) is 5.69 Å². The molecule has 0 unspecified atom stereocenters. The molecule has 0 radical (unpaired) electrons.